The first-order chi connectivity index (χ1) is 12.0. The first kappa shape index (κ1) is 17.5. The molecular weight excluding hydrogens is 322 g/mol. The van der Waals surface area contributed by atoms with E-state index in [0.717, 1.165) is 26.2 Å². The molecule has 1 aromatic rings. The maximum absolute atomic E-state index is 12.9. The molecule has 0 N–H and O–H groups in total. The zero-order valence-corrected chi connectivity index (χ0v) is 15.0. The minimum absolute atomic E-state index is 0.0621. The van der Waals surface area contributed by atoms with Crippen LogP contribution in [0, 0.1) is 0 Å². The summed E-state index contributed by atoms with van der Waals surface area (Å²) in [7, 11) is 3.11. The Morgan fingerprint density at radius 2 is 1.52 bits per heavy atom. The van der Waals surface area contributed by atoms with Gasteiger partial charge in [0.05, 0.1) is 14.2 Å². The smallest absolute Gasteiger partial charge is 0.261 e. The SMILES string of the molecule is COc1cccc(OC)c1C(=O)N1CC(N2CCN(C(C)=O)CC2)C1. The number of amides is 2. The molecule has 25 heavy (non-hydrogen) atoms. The number of rotatable bonds is 4. The van der Waals surface area contributed by atoms with Gasteiger partial charge in [0.25, 0.3) is 5.91 Å². The van der Waals surface area contributed by atoms with Crippen molar-refractivity contribution in [1.29, 1.82) is 0 Å². The summed E-state index contributed by atoms with van der Waals surface area (Å²) in [6.45, 7) is 6.26. The lowest BCUT2D eigenvalue weighted by molar-refractivity contribution is -0.131. The summed E-state index contributed by atoms with van der Waals surface area (Å²) in [4.78, 5) is 30.3. The molecule has 2 fully saturated rings. The van der Waals surface area contributed by atoms with Gasteiger partial charge in [-0.2, -0.15) is 0 Å². The van der Waals surface area contributed by atoms with Crippen molar-refractivity contribution in [2.45, 2.75) is 13.0 Å². The molecule has 7 nitrogen and oxygen atoms in total. The van der Waals surface area contributed by atoms with Crippen LogP contribution in [-0.4, -0.2) is 86.0 Å². The highest BCUT2D eigenvalue weighted by Crippen LogP contribution is 2.31. The van der Waals surface area contributed by atoms with Gasteiger partial charge < -0.3 is 19.3 Å². The van der Waals surface area contributed by atoms with Crippen molar-refractivity contribution in [3.63, 3.8) is 0 Å². The van der Waals surface area contributed by atoms with Crippen LogP contribution in [0.3, 0.4) is 0 Å². The van der Waals surface area contributed by atoms with Crippen molar-refractivity contribution in [3.05, 3.63) is 23.8 Å². The van der Waals surface area contributed by atoms with E-state index in [9.17, 15) is 9.59 Å². The second kappa shape index (κ2) is 7.31. The van der Waals surface area contributed by atoms with Crippen molar-refractivity contribution < 1.29 is 19.1 Å². The first-order valence-corrected chi connectivity index (χ1v) is 8.55. The number of piperazine rings is 1. The third-order valence-electron chi connectivity index (χ3n) is 5.07. The molecule has 1 aromatic carbocycles. The summed E-state index contributed by atoms with van der Waals surface area (Å²) in [5, 5.41) is 0. The van der Waals surface area contributed by atoms with Crippen molar-refractivity contribution in [2.75, 3.05) is 53.5 Å². The molecule has 7 heteroatoms. The first-order valence-electron chi connectivity index (χ1n) is 8.55. The number of carbonyl (C=O) groups excluding carboxylic acids is 2. The lowest BCUT2D eigenvalue weighted by atomic mass is 10.0. The van der Waals surface area contributed by atoms with Gasteiger partial charge >= 0.3 is 0 Å². The van der Waals surface area contributed by atoms with Gasteiger partial charge in [0, 0.05) is 52.2 Å². The Hall–Kier alpha value is -2.28. The predicted molar refractivity (Wildman–Crippen MR) is 93.1 cm³/mol. The lowest BCUT2D eigenvalue weighted by Gasteiger charge is -2.48. The summed E-state index contributed by atoms with van der Waals surface area (Å²) in [6, 6.07) is 5.71. The minimum Gasteiger partial charge on any atom is -0.496 e. The highest BCUT2D eigenvalue weighted by molar-refractivity contribution is 6.00. The van der Waals surface area contributed by atoms with Crippen LogP contribution >= 0.6 is 0 Å². The molecule has 2 aliphatic heterocycles. The Kier molecular flexibility index (Phi) is 5.13. The van der Waals surface area contributed by atoms with Crippen LogP contribution in [0.2, 0.25) is 0 Å². The number of hydrogen-bond acceptors (Lipinski definition) is 5. The molecule has 2 saturated heterocycles. The number of benzene rings is 1. The second-order valence-electron chi connectivity index (χ2n) is 6.44. The Bertz CT molecular complexity index is 627. The van der Waals surface area contributed by atoms with Crippen LogP contribution in [0.25, 0.3) is 0 Å². The van der Waals surface area contributed by atoms with Crippen LogP contribution < -0.4 is 9.47 Å². The van der Waals surface area contributed by atoms with Crippen LogP contribution in [-0.2, 0) is 4.79 Å². The molecule has 2 amide bonds. The van der Waals surface area contributed by atoms with Crippen LogP contribution in [0.4, 0.5) is 0 Å². The van der Waals surface area contributed by atoms with Gasteiger partial charge in [0.2, 0.25) is 5.91 Å². The minimum atomic E-state index is -0.0621. The second-order valence-corrected chi connectivity index (χ2v) is 6.44. The topological polar surface area (TPSA) is 62.3 Å². The van der Waals surface area contributed by atoms with E-state index < -0.39 is 0 Å². The summed E-state index contributed by atoms with van der Waals surface area (Å²) >= 11 is 0. The maximum Gasteiger partial charge on any atom is 0.261 e. The Morgan fingerprint density at radius 3 is 2.00 bits per heavy atom. The molecule has 0 radical (unpaired) electrons. The molecule has 0 aliphatic carbocycles. The Labute approximate surface area is 148 Å². The molecule has 136 valence electrons. The van der Waals surface area contributed by atoms with Gasteiger partial charge in [-0.3, -0.25) is 14.5 Å². The van der Waals surface area contributed by atoms with E-state index in [0.29, 0.717) is 36.2 Å². The average Bonchev–Trinajstić information content (AvgIpc) is 2.59. The Balaban J connectivity index is 1.60. The van der Waals surface area contributed by atoms with E-state index in [4.69, 9.17) is 9.47 Å². The van der Waals surface area contributed by atoms with Crippen molar-refractivity contribution in [3.8, 4) is 11.5 Å². The summed E-state index contributed by atoms with van der Waals surface area (Å²) in [5.41, 5.74) is 0.479. The molecule has 3 rings (SSSR count). The van der Waals surface area contributed by atoms with Gasteiger partial charge in [-0.15, -0.1) is 0 Å². The Morgan fingerprint density at radius 1 is 0.960 bits per heavy atom. The van der Waals surface area contributed by atoms with Crippen LogP contribution in [0.5, 0.6) is 11.5 Å². The van der Waals surface area contributed by atoms with E-state index in [1.54, 1.807) is 33.3 Å². The third-order valence-corrected chi connectivity index (χ3v) is 5.07. The highest BCUT2D eigenvalue weighted by atomic mass is 16.5. The number of nitrogens with zero attached hydrogens (tertiary/aromatic N) is 3. The van der Waals surface area contributed by atoms with Gasteiger partial charge in [-0.1, -0.05) is 6.07 Å². The number of hydrogen-bond donors (Lipinski definition) is 0. The fourth-order valence-electron chi connectivity index (χ4n) is 3.47. The van der Waals surface area contributed by atoms with Gasteiger partial charge in [0.15, 0.2) is 0 Å². The normalized spacial score (nSPS) is 18.7. The zero-order valence-electron chi connectivity index (χ0n) is 15.0. The van der Waals surface area contributed by atoms with Crippen molar-refractivity contribution in [2.24, 2.45) is 0 Å². The molecule has 0 spiro atoms. The molecule has 0 atom stereocenters. The van der Waals surface area contributed by atoms with Crippen molar-refractivity contribution >= 4 is 11.8 Å². The molecule has 0 saturated carbocycles. The molecule has 2 heterocycles. The van der Waals surface area contributed by atoms with E-state index in [1.165, 1.54) is 0 Å². The maximum atomic E-state index is 12.9. The predicted octanol–water partition coefficient (Wildman–Crippen LogP) is 0.692. The zero-order chi connectivity index (χ0) is 18.0. The molecular formula is C18H25N3O4. The monoisotopic (exact) mass is 347 g/mol. The van der Waals surface area contributed by atoms with Gasteiger partial charge in [-0.25, -0.2) is 0 Å². The van der Waals surface area contributed by atoms with E-state index in [-0.39, 0.29) is 11.8 Å². The summed E-state index contributed by atoms with van der Waals surface area (Å²) in [5.74, 6) is 1.13. The van der Waals surface area contributed by atoms with E-state index >= 15 is 0 Å². The van der Waals surface area contributed by atoms with Crippen LogP contribution in [0.1, 0.15) is 17.3 Å². The summed E-state index contributed by atoms with van der Waals surface area (Å²) in [6.07, 6.45) is 0. The molecule has 0 aromatic heterocycles. The average molecular weight is 347 g/mol. The quantitative estimate of drug-likeness (QED) is 0.802. The third kappa shape index (κ3) is 3.42. The fraction of sp³-hybridized carbons (Fsp3) is 0.556. The highest BCUT2D eigenvalue weighted by Gasteiger charge is 2.38. The number of ether oxygens (including phenoxy) is 2. The summed E-state index contributed by atoms with van der Waals surface area (Å²) < 4.78 is 10.7. The largest absolute Gasteiger partial charge is 0.496 e. The number of likely N-dealkylation sites (tertiary alicyclic amines) is 1. The van der Waals surface area contributed by atoms with Gasteiger partial charge in [-0.05, 0) is 12.1 Å². The molecule has 2 aliphatic rings. The number of methoxy groups -OCH3 is 2. The molecule has 0 unspecified atom stereocenters. The molecule has 0 bridgehead atoms. The van der Waals surface area contributed by atoms with E-state index in [2.05, 4.69) is 4.90 Å². The lowest BCUT2D eigenvalue weighted by Crippen LogP contribution is -2.64. The fourth-order valence-corrected chi connectivity index (χ4v) is 3.47. The van der Waals surface area contributed by atoms with E-state index in [1.807, 2.05) is 15.9 Å². The van der Waals surface area contributed by atoms with Crippen molar-refractivity contribution in [1.82, 2.24) is 14.7 Å². The standard InChI is InChI=1S/C18H25N3O4/c1-13(22)19-7-9-20(10-8-19)14-11-21(12-14)18(23)17-15(24-2)5-4-6-16(17)25-3/h4-6,14H,7-12H2,1-3H3. The number of carbonyl (C=O) groups is 2. The van der Waals surface area contributed by atoms with Crippen LogP contribution in [0.15, 0.2) is 18.2 Å². The van der Waals surface area contributed by atoms with Gasteiger partial charge in [0.1, 0.15) is 17.1 Å².